The number of ether oxygens (including phenoxy) is 1. The Morgan fingerprint density at radius 2 is 2.11 bits per heavy atom. The molecule has 1 fully saturated rings. The monoisotopic (exact) mass is 270 g/mol. The van der Waals surface area contributed by atoms with Crippen LogP contribution in [-0.2, 0) is 10.3 Å². The van der Waals surface area contributed by atoms with Crippen molar-refractivity contribution in [1.29, 1.82) is 0 Å². The zero-order chi connectivity index (χ0) is 14.0. The predicted octanol–water partition coefficient (Wildman–Crippen LogP) is 1.74. The molecule has 1 saturated carbocycles. The number of rotatable bonds is 6. The van der Waals surface area contributed by atoms with Gasteiger partial charge in [-0.3, -0.25) is 10.1 Å². The molecule has 0 aliphatic heterocycles. The van der Waals surface area contributed by atoms with Crippen LogP contribution in [0, 0.1) is 0 Å². The van der Waals surface area contributed by atoms with Crippen molar-refractivity contribution in [2.24, 2.45) is 5.73 Å². The highest BCUT2D eigenvalue weighted by molar-refractivity contribution is 5.86. The summed E-state index contributed by atoms with van der Waals surface area (Å²) in [7, 11) is 0. The molecule has 2 rings (SSSR count). The van der Waals surface area contributed by atoms with Crippen LogP contribution in [0.2, 0.25) is 0 Å². The number of hydrogen-bond donors (Lipinski definition) is 2. The zero-order valence-electron chi connectivity index (χ0n) is 10.5. The van der Waals surface area contributed by atoms with Crippen molar-refractivity contribution >= 4 is 5.91 Å². The first-order chi connectivity index (χ1) is 8.93. The summed E-state index contributed by atoms with van der Waals surface area (Å²) in [5, 5.41) is 3.10. The fourth-order valence-electron chi connectivity index (χ4n) is 2.00. The molecule has 104 valence electrons. The van der Waals surface area contributed by atoms with Gasteiger partial charge in [0.1, 0.15) is 11.3 Å². The highest BCUT2D eigenvalue weighted by atomic mass is 19.3. The molecule has 1 aromatic rings. The third-order valence-electron chi connectivity index (χ3n) is 3.20. The molecule has 0 aromatic heterocycles. The number of alkyl halides is 2. The Bertz CT molecular complexity index is 477. The standard InChI is InChI=1S/C13H16F2N2O2/c1-13(11(16)18,17-8-6-7-8)9-4-2-3-5-10(9)19-12(14)15/h2-5,8,12,17H,6-7H2,1H3,(H2,16,18). The number of para-hydroxylation sites is 1. The molecule has 6 heteroatoms. The van der Waals surface area contributed by atoms with Crippen molar-refractivity contribution in [3.05, 3.63) is 29.8 Å². The van der Waals surface area contributed by atoms with E-state index in [1.54, 1.807) is 25.1 Å². The zero-order valence-corrected chi connectivity index (χ0v) is 10.5. The molecule has 1 aromatic carbocycles. The van der Waals surface area contributed by atoms with Gasteiger partial charge in [-0.25, -0.2) is 0 Å². The van der Waals surface area contributed by atoms with Gasteiger partial charge in [0, 0.05) is 11.6 Å². The van der Waals surface area contributed by atoms with Crippen molar-refractivity contribution in [3.63, 3.8) is 0 Å². The molecule has 1 aliphatic rings. The van der Waals surface area contributed by atoms with E-state index in [-0.39, 0.29) is 11.8 Å². The maximum absolute atomic E-state index is 12.4. The number of nitrogens with one attached hydrogen (secondary N) is 1. The SMILES string of the molecule is CC(NC1CC1)(C(N)=O)c1ccccc1OC(F)F. The summed E-state index contributed by atoms with van der Waals surface area (Å²) < 4.78 is 29.3. The smallest absolute Gasteiger partial charge is 0.387 e. The van der Waals surface area contributed by atoms with Crippen LogP contribution in [0.15, 0.2) is 24.3 Å². The second-order valence-corrected chi connectivity index (χ2v) is 4.78. The fourth-order valence-corrected chi connectivity index (χ4v) is 2.00. The van der Waals surface area contributed by atoms with Gasteiger partial charge in [-0.15, -0.1) is 0 Å². The topological polar surface area (TPSA) is 64.3 Å². The Morgan fingerprint density at radius 3 is 2.63 bits per heavy atom. The molecule has 0 bridgehead atoms. The Kier molecular flexibility index (Phi) is 3.71. The van der Waals surface area contributed by atoms with Gasteiger partial charge in [0.15, 0.2) is 0 Å². The summed E-state index contributed by atoms with van der Waals surface area (Å²) in [6.45, 7) is -1.36. The summed E-state index contributed by atoms with van der Waals surface area (Å²) in [4.78, 5) is 11.7. The third-order valence-corrected chi connectivity index (χ3v) is 3.20. The minimum atomic E-state index is -2.95. The largest absolute Gasteiger partial charge is 0.434 e. The molecule has 3 N–H and O–H groups in total. The second kappa shape index (κ2) is 5.13. The lowest BCUT2D eigenvalue weighted by Crippen LogP contribution is -2.51. The van der Waals surface area contributed by atoms with E-state index >= 15 is 0 Å². The van der Waals surface area contributed by atoms with Crippen molar-refractivity contribution in [2.75, 3.05) is 0 Å². The van der Waals surface area contributed by atoms with Crippen LogP contribution in [0.3, 0.4) is 0 Å². The molecule has 1 amide bonds. The van der Waals surface area contributed by atoms with E-state index < -0.39 is 18.1 Å². The molecule has 1 unspecified atom stereocenters. The van der Waals surface area contributed by atoms with Crippen molar-refractivity contribution < 1.29 is 18.3 Å². The Hall–Kier alpha value is -1.69. The lowest BCUT2D eigenvalue weighted by molar-refractivity contribution is -0.124. The van der Waals surface area contributed by atoms with Gasteiger partial charge in [-0.1, -0.05) is 18.2 Å². The van der Waals surface area contributed by atoms with Crippen LogP contribution >= 0.6 is 0 Å². The van der Waals surface area contributed by atoms with Crippen LogP contribution in [0.1, 0.15) is 25.3 Å². The van der Waals surface area contributed by atoms with E-state index in [0.717, 1.165) is 12.8 Å². The summed E-state index contributed by atoms with van der Waals surface area (Å²) in [5.41, 5.74) is 4.55. The van der Waals surface area contributed by atoms with Gasteiger partial charge < -0.3 is 10.5 Å². The van der Waals surface area contributed by atoms with Crippen molar-refractivity contribution in [1.82, 2.24) is 5.32 Å². The van der Waals surface area contributed by atoms with Crippen LogP contribution in [0.25, 0.3) is 0 Å². The molecule has 1 aliphatic carbocycles. The molecule has 0 saturated heterocycles. The minimum absolute atomic E-state index is 0.0352. The molecular weight excluding hydrogens is 254 g/mol. The van der Waals surface area contributed by atoms with E-state index in [4.69, 9.17) is 5.73 Å². The maximum atomic E-state index is 12.4. The fraction of sp³-hybridized carbons (Fsp3) is 0.462. The number of nitrogens with two attached hydrogens (primary N) is 1. The Morgan fingerprint density at radius 1 is 1.47 bits per heavy atom. The number of primary amides is 1. The average molecular weight is 270 g/mol. The Balaban J connectivity index is 2.37. The normalized spacial score (nSPS) is 18.1. The summed E-state index contributed by atoms with van der Waals surface area (Å²) in [6.07, 6.45) is 1.89. The summed E-state index contributed by atoms with van der Waals surface area (Å²) in [6, 6.07) is 6.38. The highest BCUT2D eigenvalue weighted by Crippen LogP contribution is 2.34. The third kappa shape index (κ3) is 3.01. The predicted molar refractivity (Wildman–Crippen MR) is 65.8 cm³/mol. The van der Waals surface area contributed by atoms with Crippen molar-refractivity contribution in [3.8, 4) is 5.75 Å². The molecule has 4 nitrogen and oxygen atoms in total. The van der Waals surface area contributed by atoms with E-state index in [1.165, 1.54) is 6.07 Å². The van der Waals surface area contributed by atoms with E-state index in [2.05, 4.69) is 10.1 Å². The molecule has 0 radical (unpaired) electrons. The highest BCUT2D eigenvalue weighted by Gasteiger charge is 2.40. The summed E-state index contributed by atoms with van der Waals surface area (Å²) >= 11 is 0. The number of amides is 1. The number of halogens is 2. The first-order valence-electron chi connectivity index (χ1n) is 6.05. The van der Waals surface area contributed by atoms with E-state index in [9.17, 15) is 13.6 Å². The van der Waals surface area contributed by atoms with E-state index in [0.29, 0.717) is 5.56 Å². The Labute approximate surface area is 109 Å². The first-order valence-corrected chi connectivity index (χ1v) is 6.05. The van der Waals surface area contributed by atoms with Gasteiger partial charge in [-0.05, 0) is 25.8 Å². The molecular formula is C13H16F2N2O2. The molecule has 19 heavy (non-hydrogen) atoms. The summed E-state index contributed by atoms with van der Waals surface area (Å²) in [5.74, 6) is -0.656. The lowest BCUT2D eigenvalue weighted by atomic mass is 9.90. The van der Waals surface area contributed by atoms with Crippen LogP contribution < -0.4 is 15.8 Å². The number of benzene rings is 1. The van der Waals surface area contributed by atoms with E-state index in [1.807, 2.05) is 0 Å². The number of hydrogen-bond acceptors (Lipinski definition) is 3. The molecule has 0 spiro atoms. The average Bonchev–Trinajstić information content (AvgIpc) is 3.12. The quantitative estimate of drug-likeness (QED) is 0.827. The van der Waals surface area contributed by atoms with Gasteiger partial charge in [0.2, 0.25) is 5.91 Å². The van der Waals surface area contributed by atoms with Gasteiger partial charge in [0.05, 0.1) is 0 Å². The maximum Gasteiger partial charge on any atom is 0.387 e. The lowest BCUT2D eigenvalue weighted by Gasteiger charge is -2.29. The van der Waals surface area contributed by atoms with Gasteiger partial charge in [-0.2, -0.15) is 8.78 Å². The van der Waals surface area contributed by atoms with Gasteiger partial charge >= 0.3 is 6.61 Å². The minimum Gasteiger partial charge on any atom is -0.434 e. The molecule has 0 heterocycles. The first kappa shape index (κ1) is 13.7. The van der Waals surface area contributed by atoms with Crippen molar-refractivity contribution in [2.45, 2.75) is 38.0 Å². The molecule has 1 atom stereocenters. The van der Waals surface area contributed by atoms with Gasteiger partial charge in [0.25, 0.3) is 0 Å². The van der Waals surface area contributed by atoms with Crippen LogP contribution in [-0.4, -0.2) is 18.6 Å². The number of carbonyl (C=O) groups excluding carboxylic acids is 1. The number of carbonyl (C=O) groups is 1. The van der Waals surface area contributed by atoms with Crippen LogP contribution in [0.4, 0.5) is 8.78 Å². The van der Waals surface area contributed by atoms with Crippen LogP contribution in [0.5, 0.6) is 5.75 Å². The second-order valence-electron chi connectivity index (χ2n) is 4.78.